The van der Waals surface area contributed by atoms with Gasteiger partial charge in [-0.3, -0.25) is 10.1 Å². The standard InChI is InChI=1S/C13H15NO4/c1-2-9-18-13(17)14-11-6-3-10(4-7-11)5-8-12(15)16/h2-4,6-7H,1,5,8-9H2,(H,14,17)(H,15,16). The Morgan fingerprint density at radius 2 is 2.00 bits per heavy atom. The highest BCUT2D eigenvalue weighted by Gasteiger charge is 2.03. The van der Waals surface area contributed by atoms with E-state index in [-0.39, 0.29) is 13.0 Å². The smallest absolute Gasteiger partial charge is 0.411 e. The Morgan fingerprint density at radius 1 is 1.33 bits per heavy atom. The molecule has 0 aliphatic carbocycles. The Hall–Kier alpha value is -2.30. The van der Waals surface area contributed by atoms with Crippen molar-refractivity contribution in [1.29, 1.82) is 0 Å². The van der Waals surface area contributed by atoms with Gasteiger partial charge in [0, 0.05) is 12.1 Å². The van der Waals surface area contributed by atoms with Crippen LogP contribution in [0.3, 0.4) is 0 Å². The molecule has 0 bridgehead atoms. The van der Waals surface area contributed by atoms with Crippen molar-refractivity contribution < 1.29 is 19.4 Å². The van der Waals surface area contributed by atoms with Gasteiger partial charge in [0.15, 0.2) is 0 Å². The Labute approximate surface area is 105 Å². The summed E-state index contributed by atoms with van der Waals surface area (Å²) in [5, 5.41) is 11.1. The number of carbonyl (C=O) groups is 2. The zero-order valence-electron chi connectivity index (χ0n) is 9.89. The van der Waals surface area contributed by atoms with Gasteiger partial charge in [-0.1, -0.05) is 24.8 Å². The van der Waals surface area contributed by atoms with Crippen molar-refractivity contribution >= 4 is 17.7 Å². The molecule has 18 heavy (non-hydrogen) atoms. The Balaban J connectivity index is 2.46. The van der Waals surface area contributed by atoms with E-state index in [1.54, 1.807) is 24.3 Å². The summed E-state index contributed by atoms with van der Waals surface area (Å²) in [5.74, 6) is -0.829. The Morgan fingerprint density at radius 3 is 2.56 bits per heavy atom. The molecule has 0 saturated carbocycles. The SMILES string of the molecule is C=CCOC(=O)Nc1ccc(CCC(=O)O)cc1. The first kappa shape index (κ1) is 13.8. The van der Waals surface area contributed by atoms with Crippen molar-refractivity contribution in [3.8, 4) is 0 Å². The second-order valence-electron chi connectivity index (χ2n) is 3.60. The lowest BCUT2D eigenvalue weighted by molar-refractivity contribution is -0.136. The molecule has 0 heterocycles. The summed E-state index contributed by atoms with van der Waals surface area (Å²) in [6, 6.07) is 6.94. The summed E-state index contributed by atoms with van der Waals surface area (Å²) in [6.07, 6.45) is 1.49. The first-order valence-corrected chi connectivity index (χ1v) is 5.47. The monoisotopic (exact) mass is 249 g/mol. The Kier molecular flexibility index (Phi) is 5.44. The van der Waals surface area contributed by atoms with Gasteiger partial charge >= 0.3 is 12.1 Å². The lowest BCUT2D eigenvalue weighted by atomic mass is 10.1. The van der Waals surface area contributed by atoms with Crippen LogP contribution in [0.5, 0.6) is 0 Å². The fourth-order valence-electron chi connectivity index (χ4n) is 1.29. The molecule has 1 aromatic rings. The van der Waals surface area contributed by atoms with Crippen molar-refractivity contribution in [2.24, 2.45) is 0 Å². The lowest BCUT2D eigenvalue weighted by Crippen LogP contribution is -2.13. The number of ether oxygens (including phenoxy) is 1. The van der Waals surface area contributed by atoms with E-state index in [9.17, 15) is 9.59 Å². The van der Waals surface area contributed by atoms with E-state index in [1.165, 1.54) is 6.08 Å². The summed E-state index contributed by atoms with van der Waals surface area (Å²) in [4.78, 5) is 21.6. The summed E-state index contributed by atoms with van der Waals surface area (Å²) in [7, 11) is 0. The second kappa shape index (κ2) is 7.11. The number of hydrogen-bond donors (Lipinski definition) is 2. The van der Waals surface area contributed by atoms with Crippen molar-refractivity contribution in [2.75, 3.05) is 11.9 Å². The van der Waals surface area contributed by atoms with Crippen LogP contribution in [0, 0.1) is 0 Å². The van der Waals surface area contributed by atoms with Crippen LogP contribution in [-0.4, -0.2) is 23.8 Å². The summed E-state index contributed by atoms with van der Waals surface area (Å²) in [6.45, 7) is 3.59. The number of benzene rings is 1. The molecule has 1 aromatic carbocycles. The minimum atomic E-state index is -0.829. The molecule has 0 aromatic heterocycles. The Bertz CT molecular complexity index is 425. The number of amides is 1. The van der Waals surface area contributed by atoms with E-state index in [0.717, 1.165) is 5.56 Å². The number of aryl methyl sites for hydroxylation is 1. The van der Waals surface area contributed by atoms with Crippen molar-refractivity contribution in [3.63, 3.8) is 0 Å². The predicted molar refractivity (Wildman–Crippen MR) is 67.6 cm³/mol. The molecule has 0 aliphatic rings. The molecule has 0 radical (unpaired) electrons. The van der Waals surface area contributed by atoms with E-state index >= 15 is 0 Å². The van der Waals surface area contributed by atoms with E-state index in [1.807, 2.05) is 0 Å². The van der Waals surface area contributed by atoms with Crippen molar-refractivity contribution in [1.82, 2.24) is 0 Å². The van der Waals surface area contributed by atoms with Gasteiger partial charge in [-0.2, -0.15) is 0 Å². The zero-order valence-corrected chi connectivity index (χ0v) is 9.89. The minimum absolute atomic E-state index is 0.0914. The maximum atomic E-state index is 11.2. The van der Waals surface area contributed by atoms with Gasteiger partial charge in [-0.15, -0.1) is 0 Å². The van der Waals surface area contributed by atoms with Gasteiger partial charge in [-0.25, -0.2) is 4.79 Å². The van der Waals surface area contributed by atoms with Crippen molar-refractivity contribution in [2.45, 2.75) is 12.8 Å². The normalized spacial score (nSPS) is 9.56. The zero-order chi connectivity index (χ0) is 13.4. The topological polar surface area (TPSA) is 75.6 Å². The number of carboxylic acids is 1. The fourth-order valence-corrected chi connectivity index (χ4v) is 1.29. The van der Waals surface area contributed by atoms with Crippen molar-refractivity contribution in [3.05, 3.63) is 42.5 Å². The van der Waals surface area contributed by atoms with Gasteiger partial charge < -0.3 is 9.84 Å². The predicted octanol–water partition coefficient (Wildman–Crippen LogP) is 2.44. The summed E-state index contributed by atoms with van der Waals surface area (Å²) >= 11 is 0. The molecule has 0 aliphatic heterocycles. The summed E-state index contributed by atoms with van der Waals surface area (Å²) in [5.41, 5.74) is 1.51. The second-order valence-corrected chi connectivity index (χ2v) is 3.60. The minimum Gasteiger partial charge on any atom is -0.481 e. The van der Waals surface area contributed by atoms with Crippen LogP contribution >= 0.6 is 0 Å². The number of anilines is 1. The number of rotatable bonds is 6. The van der Waals surface area contributed by atoms with Gasteiger partial charge in [0.1, 0.15) is 6.61 Å². The lowest BCUT2D eigenvalue weighted by Gasteiger charge is -2.06. The van der Waals surface area contributed by atoms with Crippen LogP contribution in [0.15, 0.2) is 36.9 Å². The molecule has 5 nitrogen and oxygen atoms in total. The number of carboxylic acid groups (broad SMARTS) is 1. The molecule has 0 unspecified atom stereocenters. The molecule has 1 rings (SSSR count). The molecule has 5 heteroatoms. The third kappa shape index (κ3) is 5.16. The number of carbonyl (C=O) groups excluding carboxylic acids is 1. The maximum absolute atomic E-state index is 11.2. The first-order chi connectivity index (χ1) is 8.61. The van der Waals surface area contributed by atoms with Gasteiger partial charge in [0.25, 0.3) is 0 Å². The average molecular weight is 249 g/mol. The van der Waals surface area contributed by atoms with Crippen LogP contribution < -0.4 is 5.32 Å². The number of nitrogens with one attached hydrogen (secondary N) is 1. The molecule has 0 fully saturated rings. The number of hydrogen-bond acceptors (Lipinski definition) is 3. The van der Waals surface area contributed by atoms with Crippen LogP contribution in [0.1, 0.15) is 12.0 Å². The molecule has 0 saturated heterocycles. The quantitative estimate of drug-likeness (QED) is 0.759. The maximum Gasteiger partial charge on any atom is 0.411 e. The molecule has 96 valence electrons. The van der Waals surface area contributed by atoms with Crippen LogP contribution in [-0.2, 0) is 16.0 Å². The largest absolute Gasteiger partial charge is 0.481 e. The highest BCUT2D eigenvalue weighted by molar-refractivity contribution is 5.84. The molecule has 1 amide bonds. The number of aliphatic carboxylic acids is 1. The van der Waals surface area contributed by atoms with E-state index < -0.39 is 12.1 Å². The van der Waals surface area contributed by atoms with Crippen LogP contribution in [0.25, 0.3) is 0 Å². The van der Waals surface area contributed by atoms with E-state index in [4.69, 9.17) is 9.84 Å². The molecule has 2 N–H and O–H groups in total. The van der Waals surface area contributed by atoms with Gasteiger partial charge in [-0.05, 0) is 24.1 Å². The van der Waals surface area contributed by atoms with Gasteiger partial charge in [0.05, 0.1) is 0 Å². The highest BCUT2D eigenvalue weighted by atomic mass is 16.5. The third-order valence-corrected chi connectivity index (χ3v) is 2.16. The first-order valence-electron chi connectivity index (χ1n) is 5.47. The van der Waals surface area contributed by atoms with E-state index in [2.05, 4.69) is 11.9 Å². The van der Waals surface area contributed by atoms with E-state index in [0.29, 0.717) is 12.1 Å². The highest BCUT2D eigenvalue weighted by Crippen LogP contribution is 2.11. The van der Waals surface area contributed by atoms with Crippen LogP contribution in [0.2, 0.25) is 0 Å². The molecule has 0 spiro atoms. The average Bonchev–Trinajstić information content (AvgIpc) is 2.35. The van der Waals surface area contributed by atoms with Crippen LogP contribution in [0.4, 0.5) is 10.5 Å². The fraction of sp³-hybridized carbons (Fsp3) is 0.231. The van der Waals surface area contributed by atoms with Gasteiger partial charge in [0.2, 0.25) is 0 Å². The molecular formula is C13H15NO4. The third-order valence-electron chi connectivity index (χ3n) is 2.16. The molecular weight excluding hydrogens is 234 g/mol. The summed E-state index contributed by atoms with van der Waals surface area (Å²) < 4.78 is 4.76. The molecule has 0 atom stereocenters.